The summed E-state index contributed by atoms with van der Waals surface area (Å²) in [5.74, 6) is 0.727. The van der Waals surface area contributed by atoms with E-state index >= 15 is 0 Å². The second kappa shape index (κ2) is 10.3. The lowest BCUT2D eigenvalue weighted by Crippen LogP contribution is -2.14. The first-order chi connectivity index (χ1) is 8.49. The SMILES string of the molecule is CCCCCCCC(C)C(=O)CCC(C)C(C)=O. The van der Waals surface area contributed by atoms with Crippen LogP contribution >= 0.6 is 0 Å². The number of rotatable bonds is 11. The largest absolute Gasteiger partial charge is 0.300 e. The minimum Gasteiger partial charge on any atom is -0.300 e. The Morgan fingerprint density at radius 1 is 0.889 bits per heavy atom. The second-order valence-electron chi connectivity index (χ2n) is 5.62. The van der Waals surface area contributed by atoms with Crippen LogP contribution in [0.3, 0.4) is 0 Å². The molecule has 0 radical (unpaired) electrons. The molecule has 0 N–H and O–H groups in total. The first-order valence-corrected chi connectivity index (χ1v) is 7.52. The summed E-state index contributed by atoms with van der Waals surface area (Å²) in [6.07, 6.45) is 8.56. The Morgan fingerprint density at radius 3 is 2.06 bits per heavy atom. The van der Waals surface area contributed by atoms with E-state index in [0.717, 1.165) is 12.8 Å². The molecule has 0 amide bonds. The van der Waals surface area contributed by atoms with Gasteiger partial charge in [-0.1, -0.05) is 52.9 Å². The maximum atomic E-state index is 11.9. The van der Waals surface area contributed by atoms with Crippen molar-refractivity contribution in [2.24, 2.45) is 11.8 Å². The van der Waals surface area contributed by atoms with Gasteiger partial charge in [0.1, 0.15) is 11.6 Å². The first kappa shape index (κ1) is 17.3. The number of hydrogen-bond acceptors (Lipinski definition) is 2. The molecule has 0 bridgehead atoms. The van der Waals surface area contributed by atoms with Crippen LogP contribution in [0.15, 0.2) is 0 Å². The molecular weight excluding hydrogens is 224 g/mol. The monoisotopic (exact) mass is 254 g/mol. The van der Waals surface area contributed by atoms with Gasteiger partial charge in [0.05, 0.1) is 0 Å². The van der Waals surface area contributed by atoms with Crippen molar-refractivity contribution < 1.29 is 9.59 Å². The summed E-state index contributed by atoms with van der Waals surface area (Å²) in [4.78, 5) is 23.0. The van der Waals surface area contributed by atoms with Gasteiger partial charge in [-0.05, 0) is 19.8 Å². The van der Waals surface area contributed by atoms with Crippen LogP contribution in [0.25, 0.3) is 0 Å². The lowest BCUT2D eigenvalue weighted by atomic mass is 9.92. The highest BCUT2D eigenvalue weighted by Crippen LogP contribution is 2.16. The Balaban J connectivity index is 3.66. The Hall–Kier alpha value is -0.660. The van der Waals surface area contributed by atoms with E-state index in [1.807, 2.05) is 13.8 Å². The first-order valence-electron chi connectivity index (χ1n) is 7.52. The number of Topliss-reactive ketones (excluding diaryl/α,β-unsaturated/α-hetero) is 2. The van der Waals surface area contributed by atoms with E-state index < -0.39 is 0 Å². The molecule has 0 aromatic rings. The zero-order valence-electron chi connectivity index (χ0n) is 12.6. The van der Waals surface area contributed by atoms with Gasteiger partial charge in [0.2, 0.25) is 0 Å². The predicted molar refractivity (Wildman–Crippen MR) is 76.6 cm³/mol. The molecule has 0 aromatic heterocycles. The molecule has 2 heteroatoms. The number of carbonyl (C=O) groups is 2. The Morgan fingerprint density at radius 2 is 1.50 bits per heavy atom. The van der Waals surface area contributed by atoms with E-state index in [1.165, 1.54) is 25.7 Å². The van der Waals surface area contributed by atoms with Crippen molar-refractivity contribution in [1.82, 2.24) is 0 Å². The second-order valence-corrected chi connectivity index (χ2v) is 5.62. The molecule has 0 aliphatic rings. The topological polar surface area (TPSA) is 34.1 Å². The average Bonchev–Trinajstić information content (AvgIpc) is 2.34. The fourth-order valence-electron chi connectivity index (χ4n) is 2.02. The van der Waals surface area contributed by atoms with Crippen molar-refractivity contribution in [2.75, 3.05) is 0 Å². The van der Waals surface area contributed by atoms with Crippen LogP contribution in [-0.4, -0.2) is 11.6 Å². The predicted octanol–water partition coefficient (Wildman–Crippen LogP) is 4.56. The van der Waals surface area contributed by atoms with Gasteiger partial charge in [-0.2, -0.15) is 0 Å². The highest BCUT2D eigenvalue weighted by molar-refractivity contribution is 5.82. The molecule has 0 aliphatic heterocycles. The van der Waals surface area contributed by atoms with Crippen molar-refractivity contribution in [3.8, 4) is 0 Å². The Bertz CT molecular complexity index is 245. The smallest absolute Gasteiger partial charge is 0.135 e. The van der Waals surface area contributed by atoms with E-state index in [9.17, 15) is 9.59 Å². The molecule has 106 valence electrons. The lowest BCUT2D eigenvalue weighted by molar-refractivity contribution is -0.123. The third-order valence-electron chi connectivity index (χ3n) is 3.81. The maximum absolute atomic E-state index is 11.9. The van der Waals surface area contributed by atoms with E-state index in [2.05, 4.69) is 6.92 Å². The number of hydrogen-bond donors (Lipinski definition) is 0. The molecule has 0 aliphatic carbocycles. The van der Waals surface area contributed by atoms with Crippen LogP contribution < -0.4 is 0 Å². The zero-order chi connectivity index (χ0) is 14.0. The van der Waals surface area contributed by atoms with Crippen molar-refractivity contribution in [2.45, 2.75) is 79.1 Å². The summed E-state index contributed by atoms with van der Waals surface area (Å²) in [6, 6.07) is 0. The molecule has 2 atom stereocenters. The fraction of sp³-hybridized carbons (Fsp3) is 0.875. The van der Waals surface area contributed by atoms with Gasteiger partial charge in [0.15, 0.2) is 0 Å². The molecule has 0 fully saturated rings. The van der Waals surface area contributed by atoms with Crippen LogP contribution in [0.2, 0.25) is 0 Å². The molecule has 2 unspecified atom stereocenters. The molecule has 0 rings (SSSR count). The number of unbranched alkanes of at least 4 members (excludes halogenated alkanes) is 4. The van der Waals surface area contributed by atoms with E-state index in [0.29, 0.717) is 18.6 Å². The van der Waals surface area contributed by atoms with Gasteiger partial charge < -0.3 is 0 Å². The van der Waals surface area contributed by atoms with Gasteiger partial charge in [-0.25, -0.2) is 0 Å². The van der Waals surface area contributed by atoms with Crippen LogP contribution in [0.1, 0.15) is 79.1 Å². The molecule has 2 nitrogen and oxygen atoms in total. The van der Waals surface area contributed by atoms with Crippen LogP contribution in [0.4, 0.5) is 0 Å². The molecule has 0 heterocycles. The summed E-state index contributed by atoms with van der Waals surface area (Å²) < 4.78 is 0. The molecule has 0 saturated carbocycles. The van der Waals surface area contributed by atoms with Gasteiger partial charge >= 0.3 is 0 Å². The molecule has 0 spiro atoms. The summed E-state index contributed by atoms with van der Waals surface area (Å²) in [5.41, 5.74) is 0. The van der Waals surface area contributed by atoms with Gasteiger partial charge in [0.25, 0.3) is 0 Å². The standard InChI is InChI=1S/C16H30O2/c1-5-6-7-8-9-10-14(3)16(18)12-11-13(2)15(4)17/h13-14H,5-12H2,1-4H3. The Kier molecular flexibility index (Phi) is 9.90. The molecule has 18 heavy (non-hydrogen) atoms. The lowest BCUT2D eigenvalue weighted by Gasteiger charge is -2.12. The van der Waals surface area contributed by atoms with Crippen molar-refractivity contribution in [3.05, 3.63) is 0 Å². The minimum atomic E-state index is 0.0331. The van der Waals surface area contributed by atoms with Crippen LogP contribution in [0.5, 0.6) is 0 Å². The van der Waals surface area contributed by atoms with Crippen LogP contribution in [-0.2, 0) is 9.59 Å². The molecule has 0 aromatic carbocycles. The fourth-order valence-corrected chi connectivity index (χ4v) is 2.02. The maximum Gasteiger partial charge on any atom is 0.135 e. The summed E-state index contributed by atoms with van der Waals surface area (Å²) in [5, 5.41) is 0. The normalized spacial score (nSPS) is 14.2. The third-order valence-corrected chi connectivity index (χ3v) is 3.81. The highest BCUT2D eigenvalue weighted by Gasteiger charge is 2.15. The van der Waals surface area contributed by atoms with Gasteiger partial charge in [-0.3, -0.25) is 9.59 Å². The van der Waals surface area contributed by atoms with E-state index in [4.69, 9.17) is 0 Å². The molecule has 0 saturated heterocycles. The van der Waals surface area contributed by atoms with Crippen molar-refractivity contribution in [1.29, 1.82) is 0 Å². The quantitative estimate of drug-likeness (QED) is 0.507. The number of carbonyl (C=O) groups excluding carboxylic acids is 2. The minimum absolute atomic E-state index is 0.0331. The summed E-state index contributed by atoms with van der Waals surface area (Å²) in [7, 11) is 0. The number of ketones is 2. The van der Waals surface area contributed by atoms with E-state index in [1.54, 1.807) is 6.92 Å². The van der Waals surface area contributed by atoms with Crippen molar-refractivity contribution in [3.63, 3.8) is 0 Å². The van der Waals surface area contributed by atoms with Gasteiger partial charge in [0, 0.05) is 18.3 Å². The third kappa shape index (κ3) is 8.43. The van der Waals surface area contributed by atoms with Crippen LogP contribution in [0, 0.1) is 11.8 Å². The highest BCUT2D eigenvalue weighted by atomic mass is 16.1. The van der Waals surface area contributed by atoms with Crippen molar-refractivity contribution >= 4 is 11.6 Å². The van der Waals surface area contributed by atoms with Gasteiger partial charge in [-0.15, -0.1) is 0 Å². The zero-order valence-corrected chi connectivity index (χ0v) is 12.6. The summed E-state index contributed by atoms with van der Waals surface area (Å²) >= 11 is 0. The molecular formula is C16H30O2. The average molecular weight is 254 g/mol. The summed E-state index contributed by atoms with van der Waals surface area (Å²) in [6.45, 7) is 7.75. The van der Waals surface area contributed by atoms with E-state index in [-0.39, 0.29) is 17.6 Å². The Labute approximate surface area is 113 Å².